The van der Waals surface area contributed by atoms with Crippen LogP contribution in [0.25, 0.3) is 0 Å². The summed E-state index contributed by atoms with van der Waals surface area (Å²) in [6.07, 6.45) is 3.89. The average Bonchev–Trinajstić information content (AvgIpc) is 2.54. The van der Waals surface area contributed by atoms with Crippen molar-refractivity contribution < 1.29 is 4.84 Å². The summed E-state index contributed by atoms with van der Waals surface area (Å²) in [6.45, 7) is 4.68. The van der Waals surface area contributed by atoms with E-state index >= 15 is 0 Å². The molecule has 0 aliphatic carbocycles. The zero-order chi connectivity index (χ0) is 17.5. The van der Waals surface area contributed by atoms with Gasteiger partial charge in [-0.3, -0.25) is 4.84 Å². The van der Waals surface area contributed by atoms with Crippen molar-refractivity contribution in [3.8, 4) is 0 Å². The molecule has 1 aromatic carbocycles. The number of unbranched alkanes of at least 4 members (excludes halogenated alkanes) is 1. The molecule has 0 aliphatic rings. The highest BCUT2D eigenvalue weighted by Crippen LogP contribution is 2.29. The largest absolute Gasteiger partial charge is 0.338 e. The van der Waals surface area contributed by atoms with Crippen molar-refractivity contribution in [1.29, 1.82) is 0 Å². The fourth-order valence-corrected chi connectivity index (χ4v) is 2.62. The number of benzene rings is 1. The van der Waals surface area contributed by atoms with Crippen molar-refractivity contribution in [2.45, 2.75) is 31.8 Å². The molecule has 0 saturated heterocycles. The van der Waals surface area contributed by atoms with E-state index in [4.69, 9.17) is 22.3 Å². The molecule has 1 heterocycles. The summed E-state index contributed by atoms with van der Waals surface area (Å²) in [5.74, 6) is 6.64. The minimum atomic E-state index is 0.384. The van der Waals surface area contributed by atoms with E-state index in [0.29, 0.717) is 22.7 Å². The average molecular weight is 368 g/mol. The summed E-state index contributed by atoms with van der Waals surface area (Å²) in [5.41, 5.74) is 2.60. The molecule has 0 aliphatic heterocycles. The maximum absolute atomic E-state index is 6.05. The summed E-state index contributed by atoms with van der Waals surface area (Å²) in [6, 6.07) is 7.53. The van der Waals surface area contributed by atoms with E-state index in [-0.39, 0.29) is 0 Å². The Hall–Kier alpha value is -1.54. The van der Waals surface area contributed by atoms with Crippen molar-refractivity contribution in [3.63, 3.8) is 0 Å². The Labute approximate surface area is 151 Å². The van der Waals surface area contributed by atoms with Crippen LogP contribution in [0, 0.1) is 6.92 Å². The molecule has 0 saturated carbocycles. The monoisotopic (exact) mass is 367 g/mol. The zero-order valence-corrected chi connectivity index (χ0v) is 15.6. The number of hydrogen-bond donors (Lipinski definition) is 2. The highest BCUT2D eigenvalue weighted by molar-refractivity contribution is 7.98. The lowest BCUT2D eigenvalue weighted by atomic mass is 10.2. The molecule has 8 heteroatoms. The molecule has 2 rings (SSSR count). The topological polar surface area (TPSA) is 76.3 Å². The number of rotatable bonds is 8. The van der Waals surface area contributed by atoms with Crippen molar-refractivity contribution in [2.75, 3.05) is 23.4 Å². The predicted octanol–water partition coefficient (Wildman–Crippen LogP) is 4.32. The lowest BCUT2D eigenvalue weighted by molar-refractivity contribution is 0.106. The van der Waals surface area contributed by atoms with Gasteiger partial charge in [0.25, 0.3) is 0 Å². The quantitative estimate of drug-likeness (QED) is 0.180. The molecule has 1 aromatic heterocycles. The molecule has 0 atom stereocenters. The third-order valence-electron chi connectivity index (χ3n) is 3.24. The third-order valence-corrected chi connectivity index (χ3v) is 3.98. The van der Waals surface area contributed by atoms with Crippen LogP contribution in [0.2, 0.25) is 5.15 Å². The van der Waals surface area contributed by atoms with Crippen LogP contribution in [0.1, 0.15) is 25.3 Å². The van der Waals surface area contributed by atoms with E-state index in [9.17, 15) is 0 Å². The summed E-state index contributed by atoms with van der Waals surface area (Å²) in [4.78, 5) is 14.1. The van der Waals surface area contributed by atoms with Crippen molar-refractivity contribution in [1.82, 2.24) is 9.97 Å². The van der Waals surface area contributed by atoms with Gasteiger partial charge in [0.2, 0.25) is 0 Å². The van der Waals surface area contributed by atoms with Gasteiger partial charge in [-0.25, -0.2) is 15.8 Å². The third kappa shape index (κ3) is 5.24. The van der Waals surface area contributed by atoms with Gasteiger partial charge in [0, 0.05) is 6.07 Å². The van der Waals surface area contributed by atoms with Crippen LogP contribution < -0.4 is 16.3 Å². The molecular weight excluding hydrogens is 346 g/mol. The van der Waals surface area contributed by atoms with E-state index < -0.39 is 0 Å². The van der Waals surface area contributed by atoms with Crippen LogP contribution in [0.4, 0.5) is 17.2 Å². The normalized spacial score (nSPS) is 10.7. The Morgan fingerprint density at radius 2 is 2.12 bits per heavy atom. The SMILES string of the molecule is CCCCON(N)c1ccc(C)cc1Nc1cc(Cl)nc(SC)n1. The molecule has 0 spiro atoms. The lowest BCUT2D eigenvalue weighted by Gasteiger charge is -2.22. The van der Waals surface area contributed by atoms with E-state index in [1.54, 1.807) is 6.07 Å². The van der Waals surface area contributed by atoms with E-state index in [0.717, 1.165) is 29.8 Å². The van der Waals surface area contributed by atoms with Crippen LogP contribution in [-0.4, -0.2) is 22.8 Å². The minimum Gasteiger partial charge on any atom is -0.338 e. The first-order valence-electron chi connectivity index (χ1n) is 7.67. The standard InChI is InChI=1S/C16H22ClN5OS/c1-4-5-8-23-22(18)13-7-6-11(2)9-12(13)19-15-10-14(17)20-16(21-15)24-3/h6-7,9-10H,4-5,8,18H2,1-3H3,(H,19,20,21). The first kappa shape index (κ1) is 18.8. The molecule has 0 bridgehead atoms. The molecular formula is C16H22ClN5OS. The molecule has 130 valence electrons. The van der Waals surface area contributed by atoms with Gasteiger partial charge in [-0.2, -0.15) is 5.17 Å². The Morgan fingerprint density at radius 3 is 2.83 bits per heavy atom. The first-order valence-corrected chi connectivity index (χ1v) is 9.27. The summed E-state index contributed by atoms with van der Waals surface area (Å²) in [7, 11) is 0. The van der Waals surface area contributed by atoms with Crippen molar-refractivity contribution in [2.24, 2.45) is 5.84 Å². The summed E-state index contributed by atoms with van der Waals surface area (Å²) >= 11 is 7.48. The number of nitrogens with zero attached hydrogens (tertiary/aromatic N) is 3. The lowest BCUT2D eigenvalue weighted by Crippen LogP contribution is -2.32. The second-order valence-electron chi connectivity index (χ2n) is 5.22. The molecule has 0 fully saturated rings. The molecule has 0 unspecified atom stereocenters. The van der Waals surface area contributed by atoms with Gasteiger partial charge in [-0.05, 0) is 37.3 Å². The van der Waals surface area contributed by atoms with E-state index in [1.807, 2.05) is 31.4 Å². The Bertz CT molecular complexity index is 686. The number of anilines is 3. The maximum atomic E-state index is 6.05. The number of hydrogen-bond acceptors (Lipinski definition) is 7. The van der Waals surface area contributed by atoms with Gasteiger partial charge in [-0.15, -0.1) is 0 Å². The molecule has 0 amide bonds. The highest BCUT2D eigenvalue weighted by atomic mass is 35.5. The number of aryl methyl sites for hydroxylation is 1. The maximum Gasteiger partial charge on any atom is 0.190 e. The Kier molecular flexibility index (Phi) is 7.11. The number of aromatic nitrogens is 2. The van der Waals surface area contributed by atoms with Crippen molar-refractivity contribution in [3.05, 3.63) is 35.0 Å². The fraction of sp³-hybridized carbons (Fsp3) is 0.375. The zero-order valence-electron chi connectivity index (χ0n) is 14.0. The number of nitrogens with one attached hydrogen (secondary N) is 1. The Balaban J connectivity index is 2.25. The van der Waals surface area contributed by atoms with Crippen LogP contribution in [0.15, 0.2) is 29.4 Å². The van der Waals surface area contributed by atoms with Crippen LogP contribution >= 0.6 is 23.4 Å². The second-order valence-corrected chi connectivity index (χ2v) is 6.38. The smallest absolute Gasteiger partial charge is 0.190 e. The van der Waals surface area contributed by atoms with E-state index in [2.05, 4.69) is 22.2 Å². The predicted molar refractivity (Wildman–Crippen MR) is 101 cm³/mol. The molecule has 0 radical (unpaired) electrons. The number of thioether (sulfide) groups is 1. The molecule has 6 nitrogen and oxygen atoms in total. The van der Waals surface area contributed by atoms with Crippen molar-refractivity contribution >= 4 is 40.6 Å². The molecule has 24 heavy (non-hydrogen) atoms. The molecule has 2 aromatic rings. The van der Waals surface area contributed by atoms with Gasteiger partial charge < -0.3 is 5.32 Å². The minimum absolute atomic E-state index is 0.384. The number of hydrazine groups is 1. The summed E-state index contributed by atoms with van der Waals surface area (Å²) in [5, 5.41) is 5.52. The summed E-state index contributed by atoms with van der Waals surface area (Å²) < 4.78 is 0. The second kappa shape index (κ2) is 9.08. The number of nitrogens with two attached hydrogens (primary N) is 1. The molecule has 3 N–H and O–H groups in total. The highest BCUT2D eigenvalue weighted by Gasteiger charge is 2.11. The van der Waals surface area contributed by atoms with Crippen LogP contribution in [0.3, 0.4) is 0 Å². The van der Waals surface area contributed by atoms with E-state index in [1.165, 1.54) is 16.9 Å². The van der Waals surface area contributed by atoms with Gasteiger partial charge in [0.1, 0.15) is 16.7 Å². The van der Waals surface area contributed by atoms with Crippen LogP contribution in [-0.2, 0) is 4.84 Å². The van der Waals surface area contributed by atoms with Crippen LogP contribution in [0.5, 0.6) is 0 Å². The van der Waals surface area contributed by atoms with Gasteiger partial charge >= 0.3 is 0 Å². The number of halogens is 1. The Morgan fingerprint density at radius 1 is 1.33 bits per heavy atom. The first-order chi connectivity index (χ1) is 11.5. The van der Waals surface area contributed by atoms with Gasteiger partial charge in [-0.1, -0.05) is 42.8 Å². The van der Waals surface area contributed by atoms with Gasteiger partial charge in [0.15, 0.2) is 5.16 Å². The van der Waals surface area contributed by atoms with Gasteiger partial charge in [0.05, 0.1) is 12.3 Å². The fourth-order valence-electron chi connectivity index (χ4n) is 2.01.